The van der Waals surface area contributed by atoms with Gasteiger partial charge < -0.3 is 16.2 Å². The van der Waals surface area contributed by atoms with Crippen molar-refractivity contribution in [2.75, 3.05) is 11.5 Å². The topological polar surface area (TPSA) is 61.3 Å². The summed E-state index contributed by atoms with van der Waals surface area (Å²) in [7, 11) is 0. The van der Waals surface area contributed by atoms with Crippen molar-refractivity contribution in [3.63, 3.8) is 0 Å². The molecule has 0 aromatic heterocycles. The van der Waals surface area contributed by atoms with Crippen LogP contribution in [0.4, 0.5) is 11.4 Å². The molecule has 0 aliphatic rings. The monoisotopic (exact) mass is 368 g/mol. The molecule has 2 atom stereocenters. The number of anilines is 2. The van der Waals surface area contributed by atoms with Crippen molar-refractivity contribution in [3.05, 3.63) is 59.7 Å². The second-order valence-electron chi connectivity index (χ2n) is 7.44. The first kappa shape index (κ1) is 21.3. The molecule has 0 aliphatic heterocycles. The number of rotatable bonds is 12. The average molecular weight is 369 g/mol. The molecule has 0 radical (unpaired) electrons. The van der Waals surface area contributed by atoms with Crippen LogP contribution < -0.4 is 11.5 Å². The van der Waals surface area contributed by atoms with E-state index < -0.39 is 0 Å². The fourth-order valence-electron chi connectivity index (χ4n) is 3.41. The molecule has 0 fully saturated rings. The van der Waals surface area contributed by atoms with Gasteiger partial charge in [-0.2, -0.15) is 0 Å². The molecule has 2 rings (SSSR count). The van der Waals surface area contributed by atoms with Gasteiger partial charge in [-0.25, -0.2) is 0 Å². The van der Waals surface area contributed by atoms with E-state index in [1.54, 1.807) is 0 Å². The molecule has 0 heterocycles. The van der Waals surface area contributed by atoms with Gasteiger partial charge in [-0.1, -0.05) is 76.6 Å². The number of ether oxygens (including phenoxy) is 1. The highest BCUT2D eigenvalue weighted by atomic mass is 16.5. The molecule has 0 amide bonds. The predicted molar refractivity (Wildman–Crippen MR) is 117 cm³/mol. The fraction of sp³-hybridized carbons (Fsp3) is 0.500. The van der Waals surface area contributed by atoms with Crippen LogP contribution in [0.2, 0.25) is 0 Å². The number of benzene rings is 2. The van der Waals surface area contributed by atoms with Gasteiger partial charge in [0.15, 0.2) is 0 Å². The maximum absolute atomic E-state index is 6.71. The van der Waals surface area contributed by atoms with Gasteiger partial charge in [-0.05, 0) is 48.2 Å². The standard InChI is InChI=1S/C24H36N2O/c1-3-5-7-9-23(19-11-15-21(25)16-12-19)27-24(10-8-6-4-2)20-13-17-22(26)18-14-20/h11-18,23-24H,3-10,25-26H2,1-2H3. The minimum atomic E-state index is 0.0985. The first-order chi connectivity index (χ1) is 13.1. The fourth-order valence-corrected chi connectivity index (χ4v) is 3.41. The van der Waals surface area contributed by atoms with E-state index in [0.717, 1.165) is 24.2 Å². The third-order valence-electron chi connectivity index (χ3n) is 5.08. The average Bonchev–Trinajstić information content (AvgIpc) is 2.68. The predicted octanol–water partition coefficient (Wildman–Crippen LogP) is 6.81. The Morgan fingerprint density at radius 2 is 1.00 bits per heavy atom. The van der Waals surface area contributed by atoms with Crippen molar-refractivity contribution in [3.8, 4) is 0 Å². The van der Waals surface area contributed by atoms with Crippen LogP contribution in [-0.4, -0.2) is 0 Å². The van der Waals surface area contributed by atoms with Crippen LogP contribution in [0.3, 0.4) is 0 Å². The van der Waals surface area contributed by atoms with Gasteiger partial charge in [0.25, 0.3) is 0 Å². The zero-order valence-corrected chi connectivity index (χ0v) is 17.0. The SMILES string of the molecule is CCCCCC(OC(CCCCC)c1ccc(N)cc1)c1ccc(N)cc1. The summed E-state index contributed by atoms with van der Waals surface area (Å²) in [5, 5.41) is 0. The molecule has 27 heavy (non-hydrogen) atoms. The molecule has 3 heteroatoms. The Morgan fingerprint density at radius 1 is 0.630 bits per heavy atom. The van der Waals surface area contributed by atoms with Gasteiger partial charge >= 0.3 is 0 Å². The number of hydrogen-bond donors (Lipinski definition) is 2. The lowest BCUT2D eigenvalue weighted by Crippen LogP contribution is -2.11. The summed E-state index contributed by atoms with van der Waals surface area (Å²) >= 11 is 0. The van der Waals surface area contributed by atoms with Crippen LogP contribution in [0.1, 0.15) is 88.5 Å². The molecule has 0 saturated carbocycles. The van der Waals surface area contributed by atoms with Crippen molar-refractivity contribution in [2.45, 2.75) is 77.4 Å². The molecule has 2 aromatic carbocycles. The quantitative estimate of drug-likeness (QED) is 0.319. The Morgan fingerprint density at radius 3 is 1.33 bits per heavy atom. The zero-order valence-electron chi connectivity index (χ0n) is 17.0. The van der Waals surface area contributed by atoms with E-state index in [-0.39, 0.29) is 12.2 Å². The van der Waals surface area contributed by atoms with Gasteiger partial charge in [-0.3, -0.25) is 0 Å². The minimum absolute atomic E-state index is 0.0985. The molecule has 0 aliphatic carbocycles. The normalized spacial score (nSPS) is 13.4. The summed E-state index contributed by atoms with van der Waals surface area (Å²) < 4.78 is 6.71. The van der Waals surface area contributed by atoms with E-state index >= 15 is 0 Å². The summed E-state index contributed by atoms with van der Waals surface area (Å²) in [5.74, 6) is 0. The molecular weight excluding hydrogens is 332 g/mol. The van der Waals surface area contributed by atoms with Crippen LogP contribution >= 0.6 is 0 Å². The first-order valence-corrected chi connectivity index (χ1v) is 10.5. The van der Waals surface area contributed by atoms with Crippen molar-refractivity contribution in [1.29, 1.82) is 0 Å². The van der Waals surface area contributed by atoms with Gasteiger partial charge in [0.05, 0.1) is 12.2 Å². The van der Waals surface area contributed by atoms with Gasteiger partial charge in [0, 0.05) is 11.4 Å². The lowest BCUT2D eigenvalue weighted by molar-refractivity contribution is -0.0263. The summed E-state index contributed by atoms with van der Waals surface area (Å²) in [4.78, 5) is 0. The van der Waals surface area contributed by atoms with Gasteiger partial charge in [-0.15, -0.1) is 0 Å². The molecule has 0 spiro atoms. The zero-order chi connectivity index (χ0) is 19.5. The minimum Gasteiger partial charge on any atom is -0.399 e. The van der Waals surface area contributed by atoms with E-state index in [1.165, 1.54) is 49.7 Å². The van der Waals surface area contributed by atoms with Crippen LogP contribution in [0.25, 0.3) is 0 Å². The number of nitrogen functional groups attached to an aromatic ring is 2. The molecule has 148 valence electrons. The molecule has 0 saturated heterocycles. The van der Waals surface area contributed by atoms with Crippen molar-refractivity contribution < 1.29 is 4.74 Å². The lowest BCUT2D eigenvalue weighted by atomic mass is 9.99. The summed E-state index contributed by atoms with van der Waals surface area (Å²) in [6, 6.07) is 16.3. The summed E-state index contributed by atoms with van der Waals surface area (Å²) in [6.45, 7) is 4.47. The highest BCUT2D eigenvalue weighted by Crippen LogP contribution is 2.34. The second kappa shape index (κ2) is 11.7. The molecule has 4 N–H and O–H groups in total. The largest absolute Gasteiger partial charge is 0.399 e. The molecule has 2 aromatic rings. The third kappa shape index (κ3) is 7.26. The van der Waals surface area contributed by atoms with Crippen molar-refractivity contribution >= 4 is 11.4 Å². The van der Waals surface area contributed by atoms with E-state index in [2.05, 4.69) is 38.1 Å². The van der Waals surface area contributed by atoms with Crippen LogP contribution in [0, 0.1) is 0 Å². The van der Waals surface area contributed by atoms with Crippen molar-refractivity contribution in [2.24, 2.45) is 0 Å². The van der Waals surface area contributed by atoms with Gasteiger partial charge in [0.2, 0.25) is 0 Å². The van der Waals surface area contributed by atoms with E-state index in [0.29, 0.717) is 0 Å². The Labute approximate surface area is 165 Å². The first-order valence-electron chi connectivity index (χ1n) is 10.5. The summed E-state index contributed by atoms with van der Waals surface area (Å²) in [5.41, 5.74) is 15.8. The Hall–Kier alpha value is -2.00. The highest BCUT2D eigenvalue weighted by Gasteiger charge is 2.20. The molecule has 0 bridgehead atoms. The second-order valence-corrected chi connectivity index (χ2v) is 7.44. The Bertz CT molecular complexity index is 579. The number of unbranched alkanes of at least 4 members (excludes halogenated alkanes) is 4. The number of hydrogen-bond acceptors (Lipinski definition) is 3. The summed E-state index contributed by atoms with van der Waals surface area (Å²) in [6.07, 6.45) is 9.52. The maximum Gasteiger partial charge on any atom is 0.0833 e. The molecule has 2 unspecified atom stereocenters. The van der Waals surface area contributed by atoms with Crippen LogP contribution in [-0.2, 0) is 4.74 Å². The van der Waals surface area contributed by atoms with Crippen LogP contribution in [0.15, 0.2) is 48.5 Å². The molecular formula is C24H36N2O. The van der Waals surface area contributed by atoms with Crippen LogP contribution in [0.5, 0.6) is 0 Å². The molecule has 3 nitrogen and oxygen atoms in total. The van der Waals surface area contributed by atoms with E-state index in [9.17, 15) is 0 Å². The lowest BCUT2D eigenvalue weighted by Gasteiger charge is -2.26. The third-order valence-corrected chi connectivity index (χ3v) is 5.08. The van der Waals surface area contributed by atoms with Gasteiger partial charge in [0.1, 0.15) is 0 Å². The van der Waals surface area contributed by atoms with E-state index in [1.807, 2.05) is 24.3 Å². The smallest absolute Gasteiger partial charge is 0.0833 e. The Balaban J connectivity index is 2.18. The van der Waals surface area contributed by atoms with Crippen molar-refractivity contribution in [1.82, 2.24) is 0 Å². The maximum atomic E-state index is 6.71. The highest BCUT2D eigenvalue weighted by molar-refractivity contribution is 5.41. The Kier molecular flexibility index (Phi) is 9.20. The number of nitrogens with two attached hydrogens (primary N) is 2. The van der Waals surface area contributed by atoms with E-state index in [4.69, 9.17) is 16.2 Å².